The van der Waals surface area contributed by atoms with Gasteiger partial charge in [0.15, 0.2) is 0 Å². The van der Waals surface area contributed by atoms with Gasteiger partial charge in [0, 0.05) is 12.3 Å². The quantitative estimate of drug-likeness (QED) is 0.735. The summed E-state index contributed by atoms with van der Waals surface area (Å²) in [6, 6.07) is 0. The molecule has 1 saturated heterocycles. The van der Waals surface area contributed by atoms with Gasteiger partial charge in [-0.1, -0.05) is 13.3 Å². The standard InChI is InChI=1S/C14H24O2/c1-3-11-5-7-14(15)12(8-11)9-13-6-4-10(2)16-13/h10-13H,3-9H2,1-2H3. The van der Waals surface area contributed by atoms with Gasteiger partial charge in [0.25, 0.3) is 0 Å². The van der Waals surface area contributed by atoms with Crippen LogP contribution in [-0.4, -0.2) is 18.0 Å². The second-order valence-electron chi connectivity index (χ2n) is 5.59. The van der Waals surface area contributed by atoms with Gasteiger partial charge in [-0.3, -0.25) is 4.79 Å². The molecule has 1 heterocycles. The first-order valence-corrected chi connectivity index (χ1v) is 6.87. The first kappa shape index (κ1) is 12.1. The maximum absolute atomic E-state index is 11.9. The summed E-state index contributed by atoms with van der Waals surface area (Å²) in [5.41, 5.74) is 0. The molecule has 2 heteroatoms. The van der Waals surface area contributed by atoms with Gasteiger partial charge in [0.05, 0.1) is 12.2 Å². The molecule has 0 aromatic rings. The van der Waals surface area contributed by atoms with E-state index in [1.807, 2.05) is 0 Å². The van der Waals surface area contributed by atoms with Crippen LogP contribution in [-0.2, 0) is 9.53 Å². The predicted octanol–water partition coefficient (Wildman–Crippen LogP) is 3.34. The molecule has 0 radical (unpaired) electrons. The minimum atomic E-state index is 0.300. The van der Waals surface area contributed by atoms with Crippen LogP contribution in [0, 0.1) is 11.8 Å². The van der Waals surface area contributed by atoms with Crippen LogP contribution in [0.25, 0.3) is 0 Å². The summed E-state index contributed by atoms with van der Waals surface area (Å²) < 4.78 is 5.83. The van der Waals surface area contributed by atoms with E-state index in [9.17, 15) is 4.79 Å². The number of rotatable bonds is 3. The Kier molecular flexibility index (Phi) is 4.01. The fraction of sp³-hybridized carbons (Fsp3) is 0.929. The van der Waals surface area contributed by atoms with E-state index in [1.165, 1.54) is 12.8 Å². The molecular formula is C14H24O2. The Labute approximate surface area is 98.7 Å². The van der Waals surface area contributed by atoms with Crippen molar-refractivity contribution < 1.29 is 9.53 Å². The van der Waals surface area contributed by atoms with Crippen molar-refractivity contribution in [2.45, 2.75) is 71.0 Å². The average molecular weight is 224 g/mol. The van der Waals surface area contributed by atoms with Gasteiger partial charge in [-0.2, -0.15) is 0 Å². The molecule has 2 aliphatic rings. The van der Waals surface area contributed by atoms with Gasteiger partial charge in [-0.25, -0.2) is 0 Å². The van der Waals surface area contributed by atoms with Gasteiger partial charge < -0.3 is 4.74 Å². The molecule has 1 aliphatic heterocycles. The average Bonchev–Trinajstić information content (AvgIpc) is 2.67. The SMILES string of the molecule is CCC1CCC(=O)C(CC2CCC(C)O2)C1. The van der Waals surface area contributed by atoms with Crippen LogP contribution in [0.15, 0.2) is 0 Å². The monoisotopic (exact) mass is 224 g/mol. The predicted molar refractivity (Wildman–Crippen MR) is 64.3 cm³/mol. The topological polar surface area (TPSA) is 26.3 Å². The third kappa shape index (κ3) is 2.85. The van der Waals surface area contributed by atoms with Crippen LogP contribution in [0.3, 0.4) is 0 Å². The highest BCUT2D eigenvalue weighted by Gasteiger charge is 2.32. The summed E-state index contributed by atoms with van der Waals surface area (Å²) in [6.45, 7) is 4.38. The molecule has 16 heavy (non-hydrogen) atoms. The first-order valence-electron chi connectivity index (χ1n) is 6.87. The molecular weight excluding hydrogens is 200 g/mol. The zero-order chi connectivity index (χ0) is 11.5. The molecule has 4 atom stereocenters. The smallest absolute Gasteiger partial charge is 0.136 e. The van der Waals surface area contributed by atoms with Gasteiger partial charge >= 0.3 is 0 Å². The summed E-state index contributed by atoms with van der Waals surface area (Å²) in [4.78, 5) is 11.9. The lowest BCUT2D eigenvalue weighted by Gasteiger charge is -2.28. The van der Waals surface area contributed by atoms with Crippen molar-refractivity contribution in [2.75, 3.05) is 0 Å². The lowest BCUT2D eigenvalue weighted by Crippen LogP contribution is -2.28. The third-order valence-electron chi connectivity index (χ3n) is 4.32. The van der Waals surface area contributed by atoms with Crippen LogP contribution in [0.1, 0.15) is 58.8 Å². The second-order valence-corrected chi connectivity index (χ2v) is 5.59. The van der Waals surface area contributed by atoms with E-state index in [0.29, 0.717) is 23.9 Å². The molecule has 4 unspecified atom stereocenters. The Morgan fingerprint density at radius 3 is 2.75 bits per heavy atom. The zero-order valence-corrected chi connectivity index (χ0v) is 10.6. The third-order valence-corrected chi connectivity index (χ3v) is 4.32. The minimum Gasteiger partial charge on any atom is -0.375 e. The lowest BCUT2D eigenvalue weighted by molar-refractivity contribution is -0.127. The summed E-state index contributed by atoms with van der Waals surface area (Å²) in [5, 5.41) is 0. The van der Waals surface area contributed by atoms with E-state index >= 15 is 0 Å². The Morgan fingerprint density at radius 2 is 2.12 bits per heavy atom. The van der Waals surface area contributed by atoms with Crippen molar-refractivity contribution >= 4 is 5.78 Å². The molecule has 0 aromatic carbocycles. The molecule has 2 fully saturated rings. The van der Waals surface area contributed by atoms with E-state index in [0.717, 1.165) is 38.0 Å². The summed E-state index contributed by atoms with van der Waals surface area (Å²) in [5.74, 6) is 1.57. The Morgan fingerprint density at radius 1 is 1.31 bits per heavy atom. The number of ketones is 1. The molecule has 0 aromatic heterocycles. The molecule has 0 spiro atoms. The number of carbonyl (C=O) groups is 1. The molecule has 0 bridgehead atoms. The van der Waals surface area contributed by atoms with E-state index in [2.05, 4.69) is 13.8 Å². The maximum atomic E-state index is 11.9. The van der Waals surface area contributed by atoms with E-state index in [1.54, 1.807) is 0 Å². The second kappa shape index (κ2) is 5.31. The number of hydrogen-bond acceptors (Lipinski definition) is 2. The number of ether oxygens (including phenoxy) is 1. The highest BCUT2D eigenvalue weighted by Crippen LogP contribution is 2.34. The molecule has 0 amide bonds. The first-order chi connectivity index (χ1) is 7.69. The van der Waals surface area contributed by atoms with Gasteiger partial charge in [-0.05, 0) is 44.9 Å². The van der Waals surface area contributed by atoms with Crippen LogP contribution < -0.4 is 0 Å². The van der Waals surface area contributed by atoms with E-state index in [4.69, 9.17) is 4.74 Å². The normalized spacial score (nSPS) is 40.2. The number of hydrogen-bond donors (Lipinski definition) is 0. The van der Waals surface area contributed by atoms with Crippen LogP contribution in [0.4, 0.5) is 0 Å². The number of carbonyl (C=O) groups excluding carboxylic acids is 1. The molecule has 1 saturated carbocycles. The van der Waals surface area contributed by atoms with Crippen molar-refractivity contribution in [2.24, 2.45) is 11.8 Å². The summed E-state index contributed by atoms with van der Waals surface area (Å²) in [6.07, 6.45) is 8.35. The Bertz CT molecular complexity index is 249. The molecule has 0 N–H and O–H groups in total. The largest absolute Gasteiger partial charge is 0.375 e. The molecule has 1 aliphatic carbocycles. The van der Waals surface area contributed by atoms with E-state index in [-0.39, 0.29) is 0 Å². The summed E-state index contributed by atoms with van der Waals surface area (Å²) in [7, 11) is 0. The Balaban J connectivity index is 1.85. The van der Waals surface area contributed by atoms with Crippen LogP contribution >= 0.6 is 0 Å². The fourth-order valence-corrected chi connectivity index (χ4v) is 3.18. The van der Waals surface area contributed by atoms with Crippen molar-refractivity contribution in [3.05, 3.63) is 0 Å². The highest BCUT2D eigenvalue weighted by molar-refractivity contribution is 5.81. The Hall–Kier alpha value is -0.370. The van der Waals surface area contributed by atoms with Gasteiger partial charge in [0.2, 0.25) is 0 Å². The lowest BCUT2D eigenvalue weighted by atomic mass is 9.77. The van der Waals surface area contributed by atoms with Crippen LogP contribution in [0.2, 0.25) is 0 Å². The summed E-state index contributed by atoms with van der Waals surface area (Å²) >= 11 is 0. The van der Waals surface area contributed by atoms with Crippen molar-refractivity contribution in [3.63, 3.8) is 0 Å². The van der Waals surface area contributed by atoms with E-state index < -0.39 is 0 Å². The van der Waals surface area contributed by atoms with Crippen LogP contribution in [0.5, 0.6) is 0 Å². The van der Waals surface area contributed by atoms with Crippen molar-refractivity contribution in [1.82, 2.24) is 0 Å². The van der Waals surface area contributed by atoms with Crippen molar-refractivity contribution in [1.29, 1.82) is 0 Å². The fourth-order valence-electron chi connectivity index (χ4n) is 3.18. The highest BCUT2D eigenvalue weighted by atomic mass is 16.5. The molecule has 2 nitrogen and oxygen atoms in total. The van der Waals surface area contributed by atoms with Gasteiger partial charge in [0.1, 0.15) is 5.78 Å². The number of Topliss-reactive ketones (excluding diaryl/α,β-unsaturated/α-hetero) is 1. The zero-order valence-electron chi connectivity index (χ0n) is 10.6. The molecule has 92 valence electrons. The van der Waals surface area contributed by atoms with Gasteiger partial charge in [-0.15, -0.1) is 0 Å². The van der Waals surface area contributed by atoms with Crippen molar-refractivity contribution in [3.8, 4) is 0 Å². The minimum absolute atomic E-state index is 0.300. The molecule has 2 rings (SSSR count). The maximum Gasteiger partial charge on any atom is 0.136 e.